The summed E-state index contributed by atoms with van der Waals surface area (Å²) in [5.41, 5.74) is 2.08. The van der Waals surface area contributed by atoms with Gasteiger partial charge in [0.1, 0.15) is 5.76 Å². The molecule has 8 heteroatoms. The Morgan fingerprint density at radius 3 is 2.09 bits per heavy atom. The highest BCUT2D eigenvalue weighted by Crippen LogP contribution is 2.42. The Morgan fingerprint density at radius 2 is 1.55 bits per heavy atom. The lowest BCUT2D eigenvalue weighted by atomic mass is 9.95. The summed E-state index contributed by atoms with van der Waals surface area (Å²) in [5, 5.41) is 22.0. The second-order valence-corrected chi connectivity index (χ2v) is 7.79. The number of Topliss-reactive ketones (excluding diaryl/α,β-unsaturated/α-hetero) is 1. The molecule has 33 heavy (non-hydrogen) atoms. The van der Waals surface area contributed by atoms with Gasteiger partial charge in [-0.05, 0) is 42.0 Å². The molecule has 0 radical (unpaired) electrons. The number of aliphatic hydroxyl groups is 1. The summed E-state index contributed by atoms with van der Waals surface area (Å²) in [7, 11) is 3.80. The largest absolute Gasteiger partial charge is 0.507 e. The zero-order chi connectivity index (χ0) is 23.7. The minimum Gasteiger partial charge on any atom is -0.507 e. The number of carbonyl (C=O) groups excluding carboxylic acids is 2. The topological polar surface area (TPSA) is 104 Å². The Kier molecular flexibility index (Phi) is 5.66. The summed E-state index contributed by atoms with van der Waals surface area (Å²) in [4.78, 5) is 39.9. The number of nitro benzene ring substituents is 1. The average Bonchev–Trinajstić information content (AvgIpc) is 3.09. The highest BCUT2D eigenvalue weighted by atomic mass is 16.6. The molecule has 4 rings (SSSR count). The quantitative estimate of drug-likeness (QED) is 0.207. The lowest BCUT2D eigenvalue weighted by molar-refractivity contribution is -0.384. The van der Waals surface area contributed by atoms with Gasteiger partial charge in [0.25, 0.3) is 17.4 Å². The van der Waals surface area contributed by atoms with Crippen LogP contribution in [0, 0.1) is 10.1 Å². The van der Waals surface area contributed by atoms with E-state index >= 15 is 0 Å². The molecule has 8 nitrogen and oxygen atoms in total. The minimum absolute atomic E-state index is 0.0725. The Bertz CT molecular complexity index is 1250. The van der Waals surface area contributed by atoms with Gasteiger partial charge in [0.2, 0.25) is 0 Å². The van der Waals surface area contributed by atoms with E-state index in [0.29, 0.717) is 11.3 Å². The van der Waals surface area contributed by atoms with Crippen LogP contribution in [-0.4, -0.2) is 35.8 Å². The molecule has 0 bridgehead atoms. The summed E-state index contributed by atoms with van der Waals surface area (Å²) in [6.07, 6.45) is 0. The maximum atomic E-state index is 13.1. The smallest absolute Gasteiger partial charge is 0.300 e. The predicted molar refractivity (Wildman–Crippen MR) is 125 cm³/mol. The molecule has 0 saturated carbocycles. The summed E-state index contributed by atoms with van der Waals surface area (Å²) in [6.45, 7) is 0. The molecule has 1 saturated heterocycles. The van der Waals surface area contributed by atoms with Crippen molar-refractivity contribution in [2.75, 3.05) is 23.9 Å². The SMILES string of the molecule is CN(C)c1ccc(N2C(=O)C(=O)/C(=C(\O)c3ccc([N+](=O)[O-])cc3)C2c2ccccc2)cc1. The van der Waals surface area contributed by atoms with Crippen LogP contribution in [0.4, 0.5) is 17.1 Å². The first-order valence-electron chi connectivity index (χ1n) is 10.2. The second-order valence-electron chi connectivity index (χ2n) is 7.79. The molecule has 3 aromatic rings. The Morgan fingerprint density at radius 1 is 0.939 bits per heavy atom. The van der Waals surface area contributed by atoms with Crippen molar-refractivity contribution in [3.63, 3.8) is 0 Å². The summed E-state index contributed by atoms with van der Waals surface area (Å²) in [5.74, 6) is -1.97. The van der Waals surface area contributed by atoms with Crippen LogP contribution < -0.4 is 9.80 Å². The van der Waals surface area contributed by atoms with Crippen LogP contribution in [0.15, 0.2) is 84.4 Å². The molecule has 0 spiro atoms. The number of amides is 1. The number of benzene rings is 3. The van der Waals surface area contributed by atoms with Crippen LogP contribution in [-0.2, 0) is 9.59 Å². The standard InChI is InChI=1S/C25H21N3O5/c1-26(2)18-12-14-19(15-13-18)27-22(16-6-4-3-5-7-16)21(24(30)25(27)31)23(29)17-8-10-20(11-9-17)28(32)33/h3-15,22,29H,1-2H3/b23-21-. The molecule has 1 N–H and O–H groups in total. The molecule has 1 atom stereocenters. The number of hydrogen-bond donors (Lipinski definition) is 1. The summed E-state index contributed by atoms with van der Waals surface area (Å²) in [6, 6.07) is 20.5. The molecule has 1 aliphatic rings. The van der Waals surface area contributed by atoms with E-state index in [1.807, 2.05) is 37.2 Å². The van der Waals surface area contributed by atoms with E-state index < -0.39 is 22.7 Å². The van der Waals surface area contributed by atoms with E-state index in [1.165, 1.54) is 29.2 Å². The number of carbonyl (C=O) groups is 2. The zero-order valence-corrected chi connectivity index (χ0v) is 18.0. The van der Waals surface area contributed by atoms with Gasteiger partial charge in [-0.15, -0.1) is 0 Å². The van der Waals surface area contributed by atoms with Gasteiger partial charge in [0.05, 0.1) is 16.5 Å². The van der Waals surface area contributed by atoms with Gasteiger partial charge >= 0.3 is 0 Å². The number of non-ortho nitro benzene ring substituents is 1. The average molecular weight is 443 g/mol. The monoisotopic (exact) mass is 443 g/mol. The molecule has 166 valence electrons. The minimum atomic E-state index is -0.855. The summed E-state index contributed by atoms with van der Waals surface area (Å²) >= 11 is 0. The third kappa shape index (κ3) is 3.94. The number of aliphatic hydroxyl groups excluding tert-OH is 1. The van der Waals surface area contributed by atoms with Crippen LogP contribution in [0.25, 0.3) is 5.76 Å². The number of anilines is 2. The Hall–Kier alpha value is -4.46. The highest BCUT2D eigenvalue weighted by Gasteiger charge is 2.46. The highest BCUT2D eigenvalue weighted by molar-refractivity contribution is 6.51. The number of nitrogens with zero attached hydrogens (tertiary/aromatic N) is 3. The molecular weight excluding hydrogens is 422 g/mol. The Labute approximate surface area is 190 Å². The van der Waals surface area contributed by atoms with Crippen LogP contribution >= 0.6 is 0 Å². The van der Waals surface area contributed by atoms with E-state index in [0.717, 1.165) is 5.69 Å². The van der Waals surface area contributed by atoms with Gasteiger partial charge in [-0.2, -0.15) is 0 Å². The lowest BCUT2D eigenvalue weighted by Crippen LogP contribution is -2.29. The zero-order valence-electron chi connectivity index (χ0n) is 18.0. The first kappa shape index (κ1) is 21.8. The van der Waals surface area contributed by atoms with Crippen molar-refractivity contribution < 1.29 is 19.6 Å². The summed E-state index contributed by atoms with van der Waals surface area (Å²) < 4.78 is 0. The fourth-order valence-corrected chi connectivity index (χ4v) is 3.86. The van der Waals surface area contributed by atoms with Gasteiger partial charge in [0.15, 0.2) is 0 Å². The van der Waals surface area contributed by atoms with Crippen LogP contribution in [0.1, 0.15) is 17.2 Å². The van der Waals surface area contributed by atoms with Crippen molar-refractivity contribution in [2.24, 2.45) is 0 Å². The predicted octanol–water partition coefficient (Wildman–Crippen LogP) is 4.29. The molecule has 1 aliphatic heterocycles. The number of rotatable bonds is 5. The molecule has 1 amide bonds. The molecule has 3 aromatic carbocycles. The number of ketones is 1. The van der Waals surface area contributed by atoms with Gasteiger partial charge in [0, 0.05) is 43.2 Å². The maximum Gasteiger partial charge on any atom is 0.300 e. The fourth-order valence-electron chi connectivity index (χ4n) is 3.86. The van der Waals surface area contributed by atoms with Crippen molar-refractivity contribution in [1.82, 2.24) is 0 Å². The number of nitro groups is 1. The van der Waals surface area contributed by atoms with Crippen molar-refractivity contribution >= 4 is 34.5 Å². The molecule has 0 aromatic heterocycles. The van der Waals surface area contributed by atoms with Gasteiger partial charge in [-0.25, -0.2) is 0 Å². The first-order valence-corrected chi connectivity index (χ1v) is 10.2. The van der Waals surface area contributed by atoms with Crippen LogP contribution in [0.5, 0.6) is 0 Å². The van der Waals surface area contributed by atoms with Gasteiger partial charge in [-0.1, -0.05) is 30.3 Å². The van der Waals surface area contributed by atoms with Crippen LogP contribution in [0.2, 0.25) is 0 Å². The molecule has 1 unspecified atom stereocenters. The maximum absolute atomic E-state index is 13.1. The third-order valence-electron chi connectivity index (χ3n) is 5.56. The van der Waals surface area contributed by atoms with Crippen LogP contribution in [0.3, 0.4) is 0 Å². The van der Waals surface area contributed by atoms with Gasteiger partial charge in [-0.3, -0.25) is 24.6 Å². The van der Waals surface area contributed by atoms with Crippen molar-refractivity contribution in [3.8, 4) is 0 Å². The molecule has 0 aliphatic carbocycles. The van der Waals surface area contributed by atoms with E-state index in [4.69, 9.17) is 0 Å². The van der Waals surface area contributed by atoms with E-state index in [-0.39, 0.29) is 22.6 Å². The van der Waals surface area contributed by atoms with E-state index in [9.17, 15) is 24.8 Å². The number of hydrogen-bond acceptors (Lipinski definition) is 6. The van der Waals surface area contributed by atoms with Gasteiger partial charge < -0.3 is 10.0 Å². The Balaban J connectivity index is 1.87. The van der Waals surface area contributed by atoms with Crippen molar-refractivity contribution in [1.29, 1.82) is 0 Å². The van der Waals surface area contributed by atoms with Crippen molar-refractivity contribution in [2.45, 2.75) is 6.04 Å². The first-order chi connectivity index (χ1) is 15.8. The molecule has 1 heterocycles. The van der Waals surface area contributed by atoms with Crippen molar-refractivity contribution in [3.05, 3.63) is 106 Å². The molecular formula is C25H21N3O5. The third-order valence-corrected chi connectivity index (χ3v) is 5.56. The normalized spacial score (nSPS) is 17.3. The second kappa shape index (κ2) is 8.58. The molecule has 1 fully saturated rings. The van der Waals surface area contributed by atoms with E-state index in [1.54, 1.807) is 36.4 Å². The fraction of sp³-hybridized carbons (Fsp3) is 0.120. The van der Waals surface area contributed by atoms with E-state index in [2.05, 4.69) is 0 Å². The lowest BCUT2D eigenvalue weighted by Gasteiger charge is -2.26.